The Hall–Kier alpha value is -4.56. The fourth-order valence-corrected chi connectivity index (χ4v) is 3.60. The minimum absolute atomic E-state index is 0.295. The van der Waals surface area contributed by atoms with E-state index in [1.165, 1.54) is 0 Å². The first-order valence-corrected chi connectivity index (χ1v) is 11.3. The number of methoxy groups -OCH3 is 2. The zero-order chi connectivity index (χ0) is 25.3. The van der Waals surface area contributed by atoms with E-state index in [2.05, 4.69) is 16.4 Å². The summed E-state index contributed by atoms with van der Waals surface area (Å²) in [6, 6.07) is 22.2. The molecular formula is C28H27N3O5. The van der Waals surface area contributed by atoms with Gasteiger partial charge in [0.05, 0.1) is 31.6 Å². The number of pyridine rings is 1. The second-order valence-electron chi connectivity index (χ2n) is 7.97. The molecule has 3 N–H and O–H groups in total. The van der Waals surface area contributed by atoms with Crippen molar-refractivity contribution in [2.45, 2.75) is 0 Å². The van der Waals surface area contributed by atoms with Crippen molar-refractivity contribution in [1.82, 2.24) is 10.5 Å². The van der Waals surface area contributed by atoms with Crippen molar-refractivity contribution in [2.24, 2.45) is 0 Å². The number of benzene rings is 3. The summed E-state index contributed by atoms with van der Waals surface area (Å²) >= 11 is 0. The predicted octanol–water partition coefficient (Wildman–Crippen LogP) is 4.95. The van der Waals surface area contributed by atoms with E-state index in [0.717, 1.165) is 27.7 Å². The molecule has 4 aromatic rings. The molecule has 184 valence electrons. The van der Waals surface area contributed by atoms with E-state index in [9.17, 15) is 4.79 Å². The normalized spacial score (nSPS) is 11.1. The minimum atomic E-state index is -0.563. The smallest absolute Gasteiger partial charge is 0.274 e. The molecule has 0 radical (unpaired) electrons. The fraction of sp³-hybridized carbons (Fsp3) is 0.143. The second kappa shape index (κ2) is 11.7. The molecule has 1 aromatic heterocycles. The van der Waals surface area contributed by atoms with Crippen LogP contribution in [0.15, 0.2) is 84.6 Å². The van der Waals surface area contributed by atoms with Gasteiger partial charge in [0, 0.05) is 35.7 Å². The summed E-state index contributed by atoms with van der Waals surface area (Å²) in [7, 11) is 3.18. The van der Waals surface area contributed by atoms with Crippen LogP contribution in [0.3, 0.4) is 0 Å². The molecule has 0 aliphatic carbocycles. The van der Waals surface area contributed by atoms with Gasteiger partial charge < -0.3 is 19.5 Å². The van der Waals surface area contributed by atoms with Crippen molar-refractivity contribution in [3.05, 3.63) is 95.7 Å². The number of rotatable bonds is 10. The molecule has 0 saturated carbocycles. The third-order valence-electron chi connectivity index (χ3n) is 5.50. The summed E-state index contributed by atoms with van der Waals surface area (Å²) in [5.41, 5.74) is 5.64. The van der Waals surface area contributed by atoms with Crippen LogP contribution < -0.4 is 25.0 Å². The average molecular weight is 486 g/mol. The van der Waals surface area contributed by atoms with E-state index in [-0.39, 0.29) is 0 Å². The van der Waals surface area contributed by atoms with Crippen molar-refractivity contribution in [3.63, 3.8) is 0 Å². The molecular weight excluding hydrogens is 458 g/mol. The summed E-state index contributed by atoms with van der Waals surface area (Å²) in [5.74, 6) is 1.31. The van der Waals surface area contributed by atoms with Crippen molar-refractivity contribution in [2.75, 3.05) is 32.7 Å². The maximum atomic E-state index is 11.6. The first kappa shape index (κ1) is 24.6. The van der Waals surface area contributed by atoms with Gasteiger partial charge in [-0.15, -0.1) is 0 Å². The van der Waals surface area contributed by atoms with Gasteiger partial charge >= 0.3 is 0 Å². The van der Waals surface area contributed by atoms with E-state index in [0.29, 0.717) is 36.0 Å². The monoisotopic (exact) mass is 485 g/mol. The van der Waals surface area contributed by atoms with Crippen molar-refractivity contribution in [1.29, 1.82) is 0 Å². The number of carbonyl (C=O) groups is 1. The Morgan fingerprint density at radius 1 is 0.944 bits per heavy atom. The van der Waals surface area contributed by atoms with Crippen LogP contribution in [-0.4, -0.2) is 43.5 Å². The number of carbonyl (C=O) groups excluding carboxylic acids is 1. The Morgan fingerprint density at radius 2 is 1.64 bits per heavy atom. The number of nitrogens with one attached hydrogen (secondary N) is 2. The number of hydrogen-bond acceptors (Lipinski definition) is 7. The predicted molar refractivity (Wildman–Crippen MR) is 139 cm³/mol. The molecule has 8 heteroatoms. The van der Waals surface area contributed by atoms with Gasteiger partial charge in [-0.25, -0.2) is 5.48 Å². The Bertz CT molecular complexity index is 1350. The Labute approximate surface area is 209 Å². The number of fused-ring (bicyclic) bond motifs is 1. The summed E-state index contributed by atoms with van der Waals surface area (Å²) in [5, 5.41) is 13.3. The lowest BCUT2D eigenvalue weighted by Crippen LogP contribution is -2.18. The summed E-state index contributed by atoms with van der Waals surface area (Å²) in [6.07, 6.45) is 3.79. The van der Waals surface area contributed by atoms with E-state index >= 15 is 0 Å². The Kier molecular flexibility index (Phi) is 8.00. The quantitative estimate of drug-likeness (QED) is 0.216. The van der Waals surface area contributed by atoms with Gasteiger partial charge in [0.2, 0.25) is 0 Å². The van der Waals surface area contributed by atoms with E-state index in [1.807, 2.05) is 30.3 Å². The van der Waals surface area contributed by atoms with Crippen LogP contribution in [0.4, 0.5) is 5.69 Å². The third-order valence-corrected chi connectivity index (χ3v) is 5.50. The number of ether oxygens (including phenoxy) is 3. The summed E-state index contributed by atoms with van der Waals surface area (Å²) in [6.45, 7) is 0.795. The highest BCUT2D eigenvalue weighted by molar-refractivity contribution is 5.93. The van der Waals surface area contributed by atoms with Crippen molar-refractivity contribution < 1.29 is 24.2 Å². The van der Waals surface area contributed by atoms with Crippen LogP contribution in [0.2, 0.25) is 0 Å². The number of anilines is 1. The van der Waals surface area contributed by atoms with E-state index < -0.39 is 5.91 Å². The maximum absolute atomic E-state index is 11.6. The standard InChI is InChI=1S/C28H27N3O5/c1-34-24-13-25(35-2)15-26(14-24)36-18-20(11-19-7-9-21(10-8-19)28(32)31-33)16-29-23-12-22-5-3-4-6-27(22)30-17-23/h3-15,17,29,33H,16,18H2,1-2H3,(H,31,32). The number of para-hydroxylation sites is 1. The third kappa shape index (κ3) is 6.31. The molecule has 3 aromatic carbocycles. The molecule has 0 atom stereocenters. The van der Waals surface area contributed by atoms with Gasteiger partial charge in [0.15, 0.2) is 0 Å². The van der Waals surface area contributed by atoms with Crippen LogP contribution in [0.1, 0.15) is 15.9 Å². The maximum Gasteiger partial charge on any atom is 0.274 e. The van der Waals surface area contributed by atoms with Gasteiger partial charge in [0.1, 0.15) is 23.9 Å². The van der Waals surface area contributed by atoms with Gasteiger partial charge in [-0.05, 0) is 35.4 Å². The molecule has 0 unspecified atom stereocenters. The lowest BCUT2D eigenvalue weighted by Gasteiger charge is -2.14. The fourth-order valence-electron chi connectivity index (χ4n) is 3.60. The summed E-state index contributed by atoms with van der Waals surface area (Å²) in [4.78, 5) is 16.1. The molecule has 0 saturated heterocycles. The highest BCUT2D eigenvalue weighted by atomic mass is 16.5. The largest absolute Gasteiger partial charge is 0.496 e. The lowest BCUT2D eigenvalue weighted by molar-refractivity contribution is 0.0706. The van der Waals surface area contributed by atoms with Crippen LogP contribution >= 0.6 is 0 Å². The van der Waals surface area contributed by atoms with Crippen LogP contribution in [0.5, 0.6) is 17.2 Å². The zero-order valence-corrected chi connectivity index (χ0v) is 20.0. The number of aromatic nitrogens is 1. The minimum Gasteiger partial charge on any atom is -0.496 e. The average Bonchev–Trinajstić information content (AvgIpc) is 2.94. The second-order valence-corrected chi connectivity index (χ2v) is 7.97. The molecule has 0 spiro atoms. The lowest BCUT2D eigenvalue weighted by atomic mass is 10.1. The molecule has 8 nitrogen and oxygen atoms in total. The van der Waals surface area contributed by atoms with Crippen LogP contribution in [0.25, 0.3) is 17.0 Å². The first-order chi connectivity index (χ1) is 17.6. The zero-order valence-electron chi connectivity index (χ0n) is 20.0. The molecule has 0 bridgehead atoms. The van der Waals surface area contributed by atoms with Crippen molar-refractivity contribution >= 4 is 28.6 Å². The van der Waals surface area contributed by atoms with Crippen LogP contribution in [-0.2, 0) is 0 Å². The Morgan fingerprint density at radius 3 is 2.33 bits per heavy atom. The van der Waals surface area contributed by atoms with Gasteiger partial charge in [-0.2, -0.15) is 0 Å². The number of amides is 1. The molecule has 4 rings (SSSR count). The molecule has 0 fully saturated rings. The molecule has 1 amide bonds. The number of hydrogen-bond donors (Lipinski definition) is 3. The highest BCUT2D eigenvalue weighted by Gasteiger charge is 2.08. The SMILES string of the molecule is COc1cc(OC)cc(OCC(=Cc2ccc(C(=O)NO)cc2)CNc2cnc3ccccc3c2)c1. The van der Waals surface area contributed by atoms with Crippen molar-refractivity contribution in [3.8, 4) is 17.2 Å². The number of nitrogens with zero attached hydrogens (tertiary/aromatic N) is 1. The Balaban J connectivity index is 1.55. The molecule has 0 aliphatic heterocycles. The molecule has 1 heterocycles. The van der Waals surface area contributed by atoms with Gasteiger partial charge in [-0.1, -0.05) is 36.4 Å². The summed E-state index contributed by atoms with van der Waals surface area (Å²) < 4.78 is 16.8. The number of hydroxylamine groups is 1. The van der Waals surface area contributed by atoms with Crippen LogP contribution in [0, 0.1) is 0 Å². The van der Waals surface area contributed by atoms with Gasteiger partial charge in [0.25, 0.3) is 5.91 Å². The van der Waals surface area contributed by atoms with E-state index in [4.69, 9.17) is 19.4 Å². The highest BCUT2D eigenvalue weighted by Crippen LogP contribution is 2.28. The van der Waals surface area contributed by atoms with Gasteiger partial charge in [-0.3, -0.25) is 15.0 Å². The van der Waals surface area contributed by atoms with E-state index in [1.54, 1.807) is 68.4 Å². The molecule has 0 aliphatic rings. The molecule has 36 heavy (non-hydrogen) atoms. The first-order valence-electron chi connectivity index (χ1n) is 11.3. The topological polar surface area (TPSA) is 102 Å².